The number of benzene rings is 2. The molecule has 2 aliphatic heterocycles. The fraction of sp³-hybridized carbons (Fsp3) is 0.417. The van der Waals surface area contributed by atoms with Crippen LogP contribution >= 0.6 is 0 Å². The van der Waals surface area contributed by atoms with Crippen LogP contribution in [0.4, 0.5) is 11.4 Å². The number of rotatable bonds is 9. The van der Waals surface area contributed by atoms with E-state index in [0.29, 0.717) is 13.0 Å². The molecule has 1 atom stereocenters. The lowest BCUT2D eigenvalue weighted by atomic mass is 9.80. The third kappa shape index (κ3) is 5.89. The molecule has 2 aromatic carbocycles. The van der Waals surface area contributed by atoms with Gasteiger partial charge in [-0.05, 0) is 59.7 Å². The Labute approximate surface area is 257 Å². The monoisotopic (exact) mass is 580 g/mol. The number of likely N-dealkylation sites (N-methyl/N-ethyl adjacent to an activating group) is 1. The summed E-state index contributed by atoms with van der Waals surface area (Å²) in [4.78, 5) is 16.4. The van der Waals surface area contributed by atoms with E-state index in [-0.39, 0.29) is 22.8 Å². The first-order valence-corrected chi connectivity index (χ1v) is 15.5. The highest BCUT2D eigenvalue weighted by Gasteiger charge is 2.43. The van der Waals surface area contributed by atoms with Crippen molar-refractivity contribution in [2.75, 3.05) is 36.5 Å². The van der Waals surface area contributed by atoms with Gasteiger partial charge in [-0.25, -0.2) is 5.01 Å². The van der Waals surface area contributed by atoms with Crippen molar-refractivity contribution in [3.63, 3.8) is 0 Å². The summed E-state index contributed by atoms with van der Waals surface area (Å²) in [6.45, 7) is 11.3. The summed E-state index contributed by atoms with van der Waals surface area (Å²) in [5.41, 5.74) is 21.7. The van der Waals surface area contributed by atoms with Gasteiger partial charge in [-0.1, -0.05) is 82.3 Å². The van der Waals surface area contributed by atoms with Gasteiger partial charge in [-0.2, -0.15) is 0 Å². The largest absolute Gasteiger partial charge is 0.398 e. The van der Waals surface area contributed by atoms with Crippen LogP contribution in [0.1, 0.15) is 64.5 Å². The molecule has 7 heteroatoms. The molecule has 3 aliphatic rings. The van der Waals surface area contributed by atoms with Crippen molar-refractivity contribution >= 4 is 17.3 Å². The molecule has 228 valence electrons. The van der Waals surface area contributed by atoms with Crippen molar-refractivity contribution in [2.24, 2.45) is 17.3 Å². The number of fused-ring (bicyclic) bond motifs is 2. The number of hydrazine groups is 1. The molecule has 5 rings (SSSR count). The van der Waals surface area contributed by atoms with Gasteiger partial charge in [0.05, 0.1) is 6.04 Å². The summed E-state index contributed by atoms with van der Waals surface area (Å²) in [5, 5.41) is 1.74. The number of carbonyl (C=O) groups excluding carboxylic acids is 1. The first-order chi connectivity index (χ1) is 20.4. The first-order valence-electron chi connectivity index (χ1n) is 15.5. The average molecular weight is 581 g/mol. The number of nitrogens with zero attached hydrogens (tertiary/aromatic N) is 3. The second-order valence-corrected chi connectivity index (χ2v) is 13.3. The van der Waals surface area contributed by atoms with E-state index in [4.69, 9.17) is 17.3 Å². The highest BCUT2D eigenvalue weighted by molar-refractivity contribution is 5.75. The van der Waals surface area contributed by atoms with Crippen molar-refractivity contribution < 1.29 is 4.79 Å². The molecule has 0 radical (unpaired) electrons. The Morgan fingerprint density at radius 2 is 1.65 bits per heavy atom. The van der Waals surface area contributed by atoms with E-state index in [1.807, 2.05) is 7.05 Å². The Balaban J connectivity index is 1.45. The van der Waals surface area contributed by atoms with Crippen LogP contribution in [0, 0.1) is 0 Å². The van der Waals surface area contributed by atoms with E-state index in [1.165, 1.54) is 39.3 Å². The molecule has 1 amide bonds. The van der Waals surface area contributed by atoms with E-state index in [9.17, 15) is 4.79 Å². The maximum atomic E-state index is 11.7. The number of hydrogen-bond donors (Lipinski definition) is 3. The van der Waals surface area contributed by atoms with Gasteiger partial charge in [0, 0.05) is 66.7 Å². The number of hydrogen-bond acceptors (Lipinski definition) is 6. The number of nitrogens with two attached hydrogens (primary N) is 3. The minimum atomic E-state index is -0.282. The van der Waals surface area contributed by atoms with E-state index < -0.39 is 0 Å². The van der Waals surface area contributed by atoms with Crippen LogP contribution < -0.4 is 27.1 Å². The van der Waals surface area contributed by atoms with Crippen molar-refractivity contribution in [2.45, 2.75) is 70.3 Å². The lowest BCUT2D eigenvalue weighted by molar-refractivity contribution is -0.117. The number of anilines is 2. The molecule has 1 aliphatic carbocycles. The van der Waals surface area contributed by atoms with Crippen LogP contribution in [0.2, 0.25) is 0 Å². The van der Waals surface area contributed by atoms with Crippen LogP contribution in [-0.4, -0.2) is 43.6 Å². The summed E-state index contributed by atoms with van der Waals surface area (Å²) in [5.74, 6) is 5.72. The minimum Gasteiger partial charge on any atom is -0.398 e. The molecule has 2 heterocycles. The number of amides is 1. The highest BCUT2D eigenvalue weighted by atomic mass is 16.1. The number of allylic oxidation sites excluding steroid dienone is 6. The number of para-hydroxylation sites is 2. The molecular formula is C36H48N6O. The third-order valence-electron chi connectivity index (χ3n) is 9.56. The average Bonchev–Trinajstić information content (AvgIpc) is 3.32. The predicted molar refractivity (Wildman–Crippen MR) is 178 cm³/mol. The summed E-state index contributed by atoms with van der Waals surface area (Å²) >= 11 is 0. The van der Waals surface area contributed by atoms with Gasteiger partial charge in [0.15, 0.2) is 0 Å². The normalized spacial score (nSPS) is 22.7. The topological polar surface area (TPSA) is 105 Å². The predicted octanol–water partition coefficient (Wildman–Crippen LogP) is 5.39. The molecule has 0 fully saturated rings. The second kappa shape index (κ2) is 12.1. The molecule has 0 saturated carbocycles. The number of carbonyl (C=O) groups is 1. The fourth-order valence-corrected chi connectivity index (χ4v) is 7.12. The Morgan fingerprint density at radius 3 is 2.35 bits per heavy atom. The summed E-state index contributed by atoms with van der Waals surface area (Å²) in [7, 11) is 1.91. The van der Waals surface area contributed by atoms with Crippen molar-refractivity contribution in [3.8, 4) is 0 Å². The van der Waals surface area contributed by atoms with Gasteiger partial charge >= 0.3 is 0 Å². The van der Waals surface area contributed by atoms with Crippen LogP contribution in [0.15, 0.2) is 95.4 Å². The van der Waals surface area contributed by atoms with Crippen molar-refractivity contribution in [3.05, 3.63) is 107 Å². The molecule has 0 aromatic heterocycles. The SMILES string of the molecule is CN(N)CCN1/C(=C/C=C2\CCCC(/C=C/C3N(CCC(N)=O)c4ccccc4C3(C)C)=C2N)C(C)(C)c2ccccc21. The van der Waals surface area contributed by atoms with Crippen LogP contribution in [0.3, 0.4) is 0 Å². The second-order valence-electron chi connectivity index (χ2n) is 13.3. The van der Waals surface area contributed by atoms with Crippen molar-refractivity contribution in [1.82, 2.24) is 5.01 Å². The smallest absolute Gasteiger partial charge is 0.219 e. The van der Waals surface area contributed by atoms with Crippen molar-refractivity contribution in [1.29, 1.82) is 0 Å². The zero-order chi connectivity index (χ0) is 30.9. The van der Waals surface area contributed by atoms with Gasteiger partial charge in [-0.3, -0.25) is 10.6 Å². The Bertz CT molecular complexity index is 1490. The molecule has 0 spiro atoms. The fourth-order valence-electron chi connectivity index (χ4n) is 7.12. The van der Waals surface area contributed by atoms with E-state index >= 15 is 0 Å². The van der Waals surface area contributed by atoms with Gasteiger partial charge in [-0.15, -0.1) is 0 Å². The standard InChI is InChI=1S/C36H48N6O/c1-35(2)27-13-6-8-15-29(27)41(22-21-33(37)43)31(35)19-17-25-11-10-12-26(34(25)38)18-20-32-36(3,4)28-14-7-9-16-30(28)42(32)24-23-40(5)39/h6-9,13-20,31H,10-12,21-24,38-39H2,1-5H3,(H2,37,43)/b19-17+,26-18+,32-20+. The van der Waals surface area contributed by atoms with Crippen LogP contribution in [0.25, 0.3) is 0 Å². The molecule has 6 N–H and O–H groups in total. The Morgan fingerprint density at radius 1 is 0.977 bits per heavy atom. The lowest BCUT2D eigenvalue weighted by Crippen LogP contribution is -2.41. The Hall–Kier alpha value is -3.81. The summed E-state index contributed by atoms with van der Waals surface area (Å²) < 4.78 is 0. The first kappa shape index (κ1) is 30.6. The van der Waals surface area contributed by atoms with Gasteiger partial charge < -0.3 is 21.3 Å². The van der Waals surface area contributed by atoms with Gasteiger partial charge in [0.2, 0.25) is 5.91 Å². The molecule has 7 nitrogen and oxygen atoms in total. The summed E-state index contributed by atoms with van der Waals surface area (Å²) in [6, 6.07) is 17.2. The summed E-state index contributed by atoms with van der Waals surface area (Å²) in [6.07, 6.45) is 12.3. The van der Waals surface area contributed by atoms with E-state index in [1.54, 1.807) is 5.01 Å². The van der Waals surface area contributed by atoms with Crippen LogP contribution in [-0.2, 0) is 15.6 Å². The zero-order valence-electron chi connectivity index (χ0n) is 26.4. The van der Waals surface area contributed by atoms with Crippen LogP contribution in [0.5, 0.6) is 0 Å². The maximum absolute atomic E-state index is 11.7. The third-order valence-corrected chi connectivity index (χ3v) is 9.56. The molecule has 1 unspecified atom stereocenters. The zero-order valence-corrected chi connectivity index (χ0v) is 26.4. The van der Waals surface area contributed by atoms with E-state index in [2.05, 4.69) is 110 Å². The highest BCUT2D eigenvalue weighted by Crippen LogP contribution is 2.48. The molecular weight excluding hydrogens is 532 g/mol. The quantitative estimate of drug-likeness (QED) is 0.271. The Kier molecular flexibility index (Phi) is 8.59. The molecule has 0 saturated heterocycles. The van der Waals surface area contributed by atoms with E-state index in [0.717, 1.165) is 38.0 Å². The molecule has 0 bridgehead atoms. The van der Waals surface area contributed by atoms with Gasteiger partial charge in [0.1, 0.15) is 0 Å². The number of primary amides is 1. The molecule has 43 heavy (non-hydrogen) atoms. The van der Waals surface area contributed by atoms with Gasteiger partial charge in [0.25, 0.3) is 0 Å². The minimum absolute atomic E-state index is 0.0908. The maximum Gasteiger partial charge on any atom is 0.219 e. The lowest BCUT2D eigenvalue weighted by Gasteiger charge is -2.32. The molecule has 2 aromatic rings.